The van der Waals surface area contributed by atoms with Crippen LogP contribution in [0.2, 0.25) is 0 Å². The van der Waals surface area contributed by atoms with E-state index in [-0.39, 0.29) is 0 Å². The standard InChI is InChI=1S/C9H8BrNO2S/c1-12-6-3-5(10)4-7-8(6)11-9(13-2)14-7/h3-4H,1-2H3. The molecule has 0 N–H and O–H groups in total. The van der Waals surface area contributed by atoms with Gasteiger partial charge in [0.1, 0.15) is 11.3 Å². The largest absolute Gasteiger partial charge is 0.494 e. The van der Waals surface area contributed by atoms with E-state index in [9.17, 15) is 0 Å². The van der Waals surface area contributed by atoms with E-state index >= 15 is 0 Å². The monoisotopic (exact) mass is 273 g/mol. The van der Waals surface area contributed by atoms with Crippen LogP contribution < -0.4 is 9.47 Å². The molecule has 2 aromatic rings. The summed E-state index contributed by atoms with van der Waals surface area (Å²) in [6.07, 6.45) is 0. The lowest BCUT2D eigenvalue weighted by atomic mass is 10.3. The van der Waals surface area contributed by atoms with E-state index < -0.39 is 0 Å². The number of aromatic nitrogens is 1. The predicted molar refractivity (Wildman–Crippen MR) is 60.4 cm³/mol. The van der Waals surface area contributed by atoms with Gasteiger partial charge in [0, 0.05) is 4.47 Å². The number of rotatable bonds is 2. The van der Waals surface area contributed by atoms with Crippen molar-refractivity contribution < 1.29 is 9.47 Å². The topological polar surface area (TPSA) is 31.4 Å². The van der Waals surface area contributed by atoms with Crippen molar-refractivity contribution in [3.8, 4) is 10.9 Å². The molecule has 0 spiro atoms. The number of methoxy groups -OCH3 is 2. The molecule has 0 radical (unpaired) electrons. The molecule has 1 aromatic carbocycles. The molecule has 14 heavy (non-hydrogen) atoms. The molecule has 0 fully saturated rings. The molecule has 0 unspecified atom stereocenters. The van der Waals surface area contributed by atoms with Gasteiger partial charge in [-0.1, -0.05) is 27.3 Å². The quantitative estimate of drug-likeness (QED) is 0.843. The average Bonchev–Trinajstić information content (AvgIpc) is 2.59. The Bertz CT molecular complexity index is 469. The number of halogens is 1. The van der Waals surface area contributed by atoms with Crippen molar-refractivity contribution in [2.24, 2.45) is 0 Å². The van der Waals surface area contributed by atoms with E-state index in [1.807, 2.05) is 12.1 Å². The van der Waals surface area contributed by atoms with E-state index in [1.54, 1.807) is 14.2 Å². The second-order valence-corrected chi connectivity index (χ2v) is 4.55. The Labute approximate surface area is 93.8 Å². The van der Waals surface area contributed by atoms with Gasteiger partial charge in [0.2, 0.25) is 0 Å². The van der Waals surface area contributed by atoms with Crippen LogP contribution in [-0.2, 0) is 0 Å². The summed E-state index contributed by atoms with van der Waals surface area (Å²) in [5.74, 6) is 0.758. The van der Waals surface area contributed by atoms with E-state index in [0.717, 1.165) is 20.4 Å². The molecule has 0 bridgehead atoms. The molecular weight excluding hydrogens is 266 g/mol. The second-order valence-electron chi connectivity index (χ2n) is 2.64. The third kappa shape index (κ3) is 1.57. The summed E-state index contributed by atoms with van der Waals surface area (Å²) in [7, 11) is 3.24. The Morgan fingerprint density at radius 2 is 2.07 bits per heavy atom. The van der Waals surface area contributed by atoms with Gasteiger partial charge in [-0.3, -0.25) is 0 Å². The fourth-order valence-electron chi connectivity index (χ4n) is 1.19. The summed E-state index contributed by atoms with van der Waals surface area (Å²) in [6, 6.07) is 3.89. The lowest BCUT2D eigenvalue weighted by Crippen LogP contribution is -1.85. The Morgan fingerprint density at radius 3 is 2.71 bits per heavy atom. The molecule has 0 saturated heterocycles. The Morgan fingerprint density at radius 1 is 1.29 bits per heavy atom. The highest BCUT2D eigenvalue weighted by Crippen LogP contribution is 2.35. The van der Waals surface area contributed by atoms with Crippen LogP contribution in [0.25, 0.3) is 10.2 Å². The normalized spacial score (nSPS) is 10.5. The van der Waals surface area contributed by atoms with Crippen molar-refractivity contribution in [3.63, 3.8) is 0 Å². The van der Waals surface area contributed by atoms with Crippen LogP contribution in [0.4, 0.5) is 0 Å². The smallest absolute Gasteiger partial charge is 0.274 e. The van der Waals surface area contributed by atoms with Gasteiger partial charge in [0.05, 0.1) is 18.9 Å². The van der Waals surface area contributed by atoms with Crippen molar-refractivity contribution >= 4 is 37.5 Å². The average molecular weight is 274 g/mol. The van der Waals surface area contributed by atoms with Gasteiger partial charge in [0.25, 0.3) is 5.19 Å². The fraction of sp³-hybridized carbons (Fsp3) is 0.222. The van der Waals surface area contributed by atoms with Gasteiger partial charge in [-0.15, -0.1) is 0 Å². The van der Waals surface area contributed by atoms with Crippen LogP contribution in [0.5, 0.6) is 10.9 Å². The minimum atomic E-state index is 0.649. The molecule has 5 heteroatoms. The molecule has 1 aromatic heterocycles. The second kappa shape index (κ2) is 3.74. The van der Waals surface area contributed by atoms with E-state index in [0.29, 0.717) is 5.19 Å². The molecule has 2 rings (SSSR count). The first-order valence-corrected chi connectivity index (χ1v) is 5.53. The zero-order chi connectivity index (χ0) is 10.1. The molecule has 0 aliphatic rings. The first kappa shape index (κ1) is 9.73. The molecule has 0 aliphatic carbocycles. The number of thiazole rings is 1. The molecule has 0 aliphatic heterocycles. The summed E-state index contributed by atoms with van der Waals surface area (Å²) in [5.41, 5.74) is 0.845. The van der Waals surface area contributed by atoms with Gasteiger partial charge in [-0.25, -0.2) is 0 Å². The molecule has 74 valence electrons. The number of fused-ring (bicyclic) bond motifs is 1. The van der Waals surface area contributed by atoms with Crippen molar-refractivity contribution in [3.05, 3.63) is 16.6 Å². The fourth-order valence-corrected chi connectivity index (χ4v) is 2.61. The molecule has 3 nitrogen and oxygen atoms in total. The van der Waals surface area contributed by atoms with Gasteiger partial charge in [0.15, 0.2) is 0 Å². The zero-order valence-corrected chi connectivity index (χ0v) is 10.1. The predicted octanol–water partition coefficient (Wildman–Crippen LogP) is 3.08. The molecule has 1 heterocycles. The van der Waals surface area contributed by atoms with Crippen LogP contribution in [-0.4, -0.2) is 19.2 Å². The summed E-state index contributed by atoms with van der Waals surface area (Å²) in [5, 5.41) is 0.649. The van der Waals surface area contributed by atoms with Crippen LogP contribution in [0.15, 0.2) is 16.6 Å². The minimum Gasteiger partial charge on any atom is -0.494 e. The van der Waals surface area contributed by atoms with E-state index in [2.05, 4.69) is 20.9 Å². The lowest BCUT2D eigenvalue weighted by molar-refractivity contribution is 0.408. The van der Waals surface area contributed by atoms with Crippen molar-refractivity contribution in [1.82, 2.24) is 4.98 Å². The van der Waals surface area contributed by atoms with Gasteiger partial charge in [-0.2, -0.15) is 4.98 Å². The van der Waals surface area contributed by atoms with Crippen LogP contribution in [0, 0.1) is 0 Å². The third-order valence-electron chi connectivity index (χ3n) is 1.80. The highest BCUT2D eigenvalue weighted by molar-refractivity contribution is 9.10. The lowest BCUT2D eigenvalue weighted by Gasteiger charge is -2.00. The summed E-state index contributed by atoms with van der Waals surface area (Å²) in [4.78, 5) is 4.29. The van der Waals surface area contributed by atoms with Gasteiger partial charge < -0.3 is 9.47 Å². The Balaban J connectivity index is 2.71. The van der Waals surface area contributed by atoms with Crippen LogP contribution in [0.1, 0.15) is 0 Å². The highest BCUT2D eigenvalue weighted by atomic mass is 79.9. The van der Waals surface area contributed by atoms with Crippen molar-refractivity contribution in [2.75, 3.05) is 14.2 Å². The summed E-state index contributed by atoms with van der Waals surface area (Å²) >= 11 is 4.91. The molecule has 0 saturated carbocycles. The van der Waals surface area contributed by atoms with Crippen molar-refractivity contribution in [2.45, 2.75) is 0 Å². The first-order valence-electron chi connectivity index (χ1n) is 3.92. The molecule has 0 amide bonds. The van der Waals surface area contributed by atoms with E-state index in [4.69, 9.17) is 9.47 Å². The maximum absolute atomic E-state index is 5.22. The number of hydrogen-bond donors (Lipinski definition) is 0. The maximum atomic E-state index is 5.22. The summed E-state index contributed by atoms with van der Waals surface area (Å²) in [6.45, 7) is 0. The Hall–Kier alpha value is -0.810. The SMILES string of the molecule is COc1nc2c(OC)cc(Br)cc2s1. The Kier molecular flexibility index (Phi) is 2.60. The maximum Gasteiger partial charge on any atom is 0.274 e. The zero-order valence-electron chi connectivity index (χ0n) is 7.70. The number of nitrogens with zero attached hydrogens (tertiary/aromatic N) is 1. The van der Waals surface area contributed by atoms with E-state index in [1.165, 1.54) is 11.3 Å². The minimum absolute atomic E-state index is 0.649. The summed E-state index contributed by atoms with van der Waals surface area (Å²) < 4.78 is 12.3. The van der Waals surface area contributed by atoms with Crippen LogP contribution in [0.3, 0.4) is 0 Å². The van der Waals surface area contributed by atoms with Gasteiger partial charge >= 0.3 is 0 Å². The van der Waals surface area contributed by atoms with Crippen molar-refractivity contribution in [1.29, 1.82) is 0 Å². The number of benzene rings is 1. The first-order chi connectivity index (χ1) is 6.74. The van der Waals surface area contributed by atoms with Crippen LogP contribution >= 0.6 is 27.3 Å². The number of hydrogen-bond acceptors (Lipinski definition) is 4. The molecular formula is C9H8BrNO2S. The molecule has 0 atom stereocenters. The highest BCUT2D eigenvalue weighted by Gasteiger charge is 2.09. The number of ether oxygens (including phenoxy) is 2. The van der Waals surface area contributed by atoms with Gasteiger partial charge in [-0.05, 0) is 12.1 Å². The third-order valence-corrected chi connectivity index (χ3v) is 3.22.